The Balaban J connectivity index is 3.52. The van der Waals surface area contributed by atoms with Crippen molar-refractivity contribution >= 4 is 11.9 Å². The molecule has 0 fully saturated rings. The van der Waals surface area contributed by atoms with Gasteiger partial charge in [0.25, 0.3) is 0 Å². The van der Waals surface area contributed by atoms with E-state index in [9.17, 15) is 9.59 Å². The number of hydrogen-bond acceptors (Lipinski definition) is 4. The van der Waals surface area contributed by atoms with Crippen molar-refractivity contribution in [3.05, 3.63) is 0 Å². The summed E-state index contributed by atoms with van der Waals surface area (Å²) in [5, 5.41) is 2.41. The van der Waals surface area contributed by atoms with Gasteiger partial charge in [0.1, 0.15) is 6.54 Å². The third-order valence-corrected chi connectivity index (χ3v) is 1.24. The Morgan fingerprint density at radius 3 is 2.62 bits per heavy atom. The fourth-order valence-corrected chi connectivity index (χ4v) is 0.747. The van der Waals surface area contributed by atoms with Gasteiger partial charge in [0.15, 0.2) is 0 Å². The quantitative estimate of drug-likeness (QED) is 0.565. The highest BCUT2D eigenvalue weighted by Crippen LogP contribution is 1.85. The number of amides is 1. The molecule has 0 heterocycles. The molecule has 1 atom stereocenters. The van der Waals surface area contributed by atoms with E-state index in [1.165, 1.54) is 0 Å². The van der Waals surface area contributed by atoms with Gasteiger partial charge in [0.2, 0.25) is 5.91 Å². The maximum absolute atomic E-state index is 11.0. The Labute approximate surface area is 77.6 Å². The van der Waals surface area contributed by atoms with Crippen LogP contribution in [0.25, 0.3) is 0 Å². The van der Waals surface area contributed by atoms with Crippen molar-refractivity contribution in [3.8, 4) is 0 Å². The van der Waals surface area contributed by atoms with Gasteiger partial charge in [-0.15, -0.1) is 0 Å². The van der Waals surface area contributed by atoms with Crippen molar-refractivity contribution in [2.75, 3.05) is 13.2 Å². The second-order valence-corrected chi connectivity index (χ2v) is 2.76. The lowest BCUT2D eigenvalue weighted by atomic mass is 10.2. The third kappa shape index (κ3) is 7.27. The molecule has 5 heteroatoms. The minimum atomic E-state index is -0.430. The van der Waals surface area contributed by atoms with Crippen molar-refractivity contribution < 1.29 is 14.3 Å². The van der Waals surface area contributed by atoms with E-state index in [0.29, 0.717) is 6.61 Å². The molecule has 0 saturated heterocycles. The van der Waals surface area contributed by atoms with Crippen LogP contribution in [0.1, 0.15) is 20.3 Å². The summed E-state index contributed by atoms with van der Waals surface area (Å²) < 4.78 is 4.61. The van der Waals surface area contributed by atoms with E-state index in [2.05, 4.69) is 10.1 Å². The van der Waals surface area contributed by atoms with Gasteiger partial charge < -0.3 is 15.8 Å². The van der Waals surface area contributed by atoms with Gasteiger partial charge in [0, 0.05) is 12.5 Å². The molecule has 0 aromatic rings. The molecule has 1 amide bonds. The van der Waals surface area contributed by atoms with E-state index in [1.807, 2.05) is 0 Å². The predicted molar refractivity (Wildman–Crippen MR) is 47.9 cm³/mol. The lowest BCUT2D eigenvalue weighted by Gasteiger charge is -2.06. The molecule has 0 bridgehead atoms. The molecule has 0 aromatic heterocycles. The monoisotopic (exact) mass is 188 g/mol. The number of carbonyl (C=O) groups is 2. The standard InChI is InChI=1S/C8H16N2O3/c1-3-13-8(12)5-10-7(11)4-6(2)9/h6H,3-5,9H2,1-2H3,(H,10,11). The fraction of sp³-hybridized carbons (Fsp3) is 0.750. The van der Waals surface area contributed by atoms with Gasteiger partial charge in [-0.25, -0.2) is 0 Å². The van der Waals surface area contributed by atoms with Crippen molar-refractivity contribution in [3.63, 3.8) is 0 Å². The fourth-order valence-electron chi connectivity index (χ4n) is 0.747. The second kappa shape index (κ2) is 6.42. The van der Waals surface area contributed by atoms with E-state index in [-0.39, 0.29) is 24.9 Å². The molecule has 0 aliphatic heterocycles. The van der Waals surface area contributed by atoms with E-state index < -0.39 is 5.97 Å². The summed E-state index contributed by atoms with van der Waals surface area (Å²) in [6, 6.07) is -0.192. The van der Waals surface area contributed by atoms with Crippen LogP contribution in [0.2, 0.25) is 0 Å². The molecule has 0 spiro atoms. The summed E-state index contributed by atoms with van der Waals surface area (Å²) in [5.41, 5.74) is 5.38. The Kier molecular flexibility index (Phi) is 5.88. The van der Waals surface area contributed by atoms with E-state index in [0.717, 1.165) is 0 Å². The Hall–Kier alpha value is -1.10. The molecular weight excluding hydrogens is 172 g/mol. The number of ether oxygens (including phenoxy) is 1. The zero-order chi connectivity index (χ0) is 10.3. The number of nitrogens with two attached hydrogens (primary N) is 1. The summed E-state index contributed by atoms with van der Waals surface area (Å²) >= 11 is 0. The van der Waals surface area contributed by atoms with Gasteiger partial charge >= 0.3 is 5.97 Å². The third-order valence-electron chi connectivity index (χ3n) is 1.24. The SMILES string of the molecule is CCOC(=O)CNC(=O)CC(C)N. The molecule has 0 rings (SSSR count). The molecule has 1 unspecified atom stereocenters. The molecule has 0 aliphatic carbocycles. The summed E-state index contributed by atoms with van der Waals surface area (Å²) in [7, 11) is 0. The first-order chi connectivity index (χ1) is 6.06. The summed E-state index contributed by atoms with van der Waals surface area (Å²) in [5.74, 6) is -0.663. The smallest absolute Gasteiger partial charge is 0.325 e. The van der Waals surface area contributed by atoms with Crippen LogP contribution in [-0.4, -0.2) is 31.1 Å². The molecule has 0 saturated carbocycles. The average molecular weight is 188 g/mol. The maximum Gasteiger partial charge on any atom is 0.325 e. The van der Waals surface area contributed by atoms with Crippen molar-refractivity contribution in [2.45, 2.75) is 26.3 Å². The first kappa shape index (κ1) is 11.9. The number of carbonyl (C=O) groups excluding carboxylic acids is 2. The van der Waals surface area contributed by atoms with Gasteiger partial charge in [-0.3, -0.25) is 9.59 Å². The second-order valence-electron chi connectivity index (χ2n) is 2.76. The lowest BCUT2D eigenvalue weighted by Crippen LogP contribution is -2.34. The van der Waals surface area contributed by atoms with E-state index in [1.54, 1.807) is 13.8 Å². The molecule has 3 N–H and O–H groups in total. The molecule has 76 valence electrons. The highest BCUT2D eigenvalue weighted by Gasteiger charge is 2.07. The normalized spacial score (nSPS) is 11.9. The predicted octanol–water partition coefficient (Wildman–Crippen LogP) is -0.597. The van der Waals surface area contributed by atoms with Crippen LogP contribution < -0.4 is 11.1 Å². The molecular formula is C8H16N2O3. The molecule has 0 aromatic carbocycles. The number of nitrogens with one attached hydrogen (secondary N) is 1. The maximum atomic E-state index is 11.0. The van der Waals surface area contributed by atoms with E-state index in [4.69, 9.17) is 5.73 Å². The topological polar surface area (TPSA) is 81.4 Å². The van der Waals surface area contributed by atoms with Gasteiger partial charge in [-0.05, 0) is 13.8 Å². The number of esters is 1. The minimum absolute atomic E-state index is 0.0839. The zero-order valence-corrected chi connectivity index (χ0v) is 8.00. The highest BCUT2D eigenvalue weighted by atomic mass is 16.5. The molecule has 0 aliphatic rings. The Morgan fingerprint density at radius 1 is 1.54 bits per heavy atom. The zero-order valence-electron chi connectivity index (χ0n) is 8.00. The van der Waals surface area contributed by atoms with Gasteiger partial charge in [0.05, 0.1) is 6.61 Å². The summed E-state index contributed by atoms with van der Waals surface area (Å²) in [4.78, 5) is 21.7. The lowest BCUT2D eigenvalue weighted by molar-refractivity contribution is -0.143. The van der Waals surface area contributed by atoms with Crippen LogP contribution in [0, 0.1) is 0 Å². The Morgan fingerprint density at radius 2 is 2.15 bits per heavy atom. The first-order valence-electron chi connectivity index (χ1n) is 4.24. The van der Waals surface area contributed by atoms with Crippen LogP contribution in [-0.2, 0) is 14.3 Å². The van der Waals surface area contributed by atoms with E-state index >= 15 is 0 Å². The number of rotatable bonds is 5. The van der Waals surface area contributed by atoms with Crippen LogP contribution in [0.4, 0.5) is 0 Å². The van der Waals surface area contributed by atoms with Crippen LogP contribution >= 0.6 is 0 Å². The van der Waals surface area contributed by atoms with Crippen LogP contribution in [0.15, 0.2) is 0 Å². The van der Waals surface area contributed by atoms with Gasteiger partial charge in [-0.1, -0.05) is 0 Å². The molecule has 0 radical (unpaired) electrons. The average Bonchev–Trinajstić information content (AvgIpc) is 2.00. The first-order valence-corrected chi connectivity index (χ1v) is 4.24. The van der Waals surface area contributed by atoms with Crippen LogP contribution in [0.3, 0.4) is 0 Å². The summed E-state index contributed by atoms with van der Waals surface area (Å²) in [6.45, 7) is 3.67. The minimum Gasteiger partial charge on any atom is -0.465 e. The molecule has 5 nitrogen and oxygen atoms in total. The molecule has 13 heavy (non-hydrogen) atoms. The van der Waals surface area contributed by atoms with Crippen LogP contribution in [0.5, 0.6) is 0 Å². The van der Waals surface area contributed by atoms with Gasteiger partial charge in [-0.2, -0.15) is 0 Å². The largest absolute Gasteiger partial charge is 0.465 e. The van der Waals surface area contributed by atoms with Crippen molar-refractivity contribution in [1.29, 1.82) is 0 Å². The summed E-state index contributed by atoms with van der Waals surface area (Å²) in [6.07, 6.45) is 0.222. The highest BCUT2D eigenvalue weighted by molar-refractivity contribution is 5.82. The van der Waals surface area contributed by atoms with Crippen molar-refractivity contribution in [1.82, 2.24) is 5.32 Å². The number of hydrogen-bond donors (Lipinski definition) is 2. The Bertz CT molecular complexity index is 180. The van der Waals surface area contributed by atoms with Crippen molar-refractivity contribution in [2.24, 2.45) is 5.73 Å².